The number of rotatable bonds is 3. The lowest BCUT2D eigenvalue weighted by molar-refractivity contribution is 0.00578. The van der Waals surface area contributed by atoms with Gasteiger partial charge in [-0.05, 0) is 95.6 Å². The average Bonchev–Trinajstić information content (AvgIpc) is 3.38. The molecule has 6 rings (SSSR count). The molecule has 0 unspecified atom stereocenters. The summed E-state index contributed by atoms with van der Waals surface area (Å²) in [6.07, 6.45) is 0. The van der Waals surface area contributed by atoms with E-state index in [4.69, 9.17) is 18.6 Å². The Hall–Kier alpha value is -2.15. The molecule has 7 heteroatoms. The molecular weight excluding hydrogens is 478 g/mol. The lowest BCUT2D eigenvalue weighted by atomic mass is 9.70. The molecule has 4 aromatic rings. The second-order valence-corrected chi connectivity index (χ2v) is 13.5. The second kappa shape index (κ2) is 8.17. The first-order valence-corrected chi connectivity index (χ1v) is 13.9. The molecule has 0 atom stereocenters. The Balaban J connectivity index is 1.49. The summed E-state index contributed by atoms with van der Waals surface area (Å²) >= 11 is 1.83. The molecule has 2 aliphatic heterocycles. The van der Waals surface area contributed by atoms with Crippen molar-refractivity contribution in [3.8, 4) is 11.1 Å². The Morgan fingerprint density at radius 2 is 1.00 bits per heavy atom. The molecule has 0 saturated carbocycles. The van der Waals surface area contributed by atoms with E-state index in [0.717, 1.165) is 22.1 Å². The van der Waals surface area contributed by atoms with Crippen LogP contribution >= 0.6 is 11.3 Å². The first-order chi connectivity index (χ1) is 17.3. The molecule has 1 aromatic heterocycles. The van der Waals surface area contributed by atoms with Gasteiger partial charge in [-0.15, -0.1) is 11.3 Å². The molecule has 0 aliphatic carbocycles. The Labute approximate surface area is 224 Å². The van der Waals surface area contributed by atoms with E-state index in [-0.39, 0.29) is 0 Å². The predicted octanol–water partition coefficient (Wildman–Crippen LogP) is 6.32. The van der Waals surface area contributed by atoms with E-state index in [1.165, 1.54) is 20.2 Å². The Morgan fingerprint density at radius 3 is 1.54 bits per heavy atom. The molecule has 2 fully saturated rings. The van der Waals surface area contributed by atoms with Crippen molar-refractivity contribution in [1.82, 2.24) is 0 Å². The number of hydrogen-bond acceptors (Lipinski definition) is 5. The highest BCUT2D eigenvalue weighted by Crippen LogP contribution is 2.39. The summed E-state index contributed by atoms with van der Waals surface area (Å²) in [5.74, 6) is 0. The van der Waals surface area contributed by atoms with Gasteiger partial charge >= 0.3 is 14.2 Å². The van der Waals surface area contributed by atoms with Crippen molar-refractivity contribution >= 4 is 56.7 Å². The van der Waals surface area contributed by atoms with Gasteiger partial charge in [0.2, 0.25) is 0 Å². The van der Waals surface area contributed by atoms with Crippen molar-refractivity contribution in [3.63, 3.8) is 0 Å². The van der Waals surface area contributed by atoms with Gasteiger partial charge in [-0.1, -0.05) is 42.5 Å². The van der Waals surface area contributed by atoms with E-state index in [1.54, 1.807) is 0 Å². The lowest BCUT2D eigenvalue weighted by Gasteiger charge is -2.32. The summed E-state index contributed by atoms with van der Waals surface area (Å²) in [6.45, 7) is 16.7. The van der Waals surface area contributed by atoms with Gasteiger partial charge in [0, 0.05) is 20.2 Å². The third kappa shape index (κ3) is 4.07. The van der Waals surface area contributed by atoms with Crippen molar-refractivity contribution in [2.45, 2.75) is 77.8 Å². The van der Waals surface area contributed by atoms with Crippen molar-refractivity contribution in [2.24, 2.45) is 0 Å². The highest BCUT2D eigenvalue weighted by atomic mass is 32.1. The maximum absolute atomic E-state index is 6.45. The summed E-state index contributed by atoms with van der Waals surface area (Å²) in [5.41, 5.74) is 2.48. The summed E-state index contributed by atoms with van der Waals surface area (Å²) in [6, 6.07) is 21.8. The van der Waals surface area contributed by atoms with Crippen LogP contribution in [0, 0.1) is 0 Å². The highest BCUT2D eigenvalue weighted by Gasteiger charge is 2.54. The first kappa shape index (κ1) is 25.1. The summed E-state index contributed by atoms with van der Waals surface area (Å²) in [7, 11) is -0.950. The molecule has 3 aromatic carbocycles. The largest absolute Gasteiger partial charge is 0.494 e. The van der Waals surface area contributed by atoms with Crippen LogP contribution in [-0.4, -0.2) is 36.6 Å². The lowest BCUT2D eigenvalue weighted by Crippen LogP contribution is -2.41. The Kier molecular flexibility index (Phi) is 5.55. The minimum atomic E-state index is -0.475. The van der Waals surface area contributed by atoms with Crippen LogP contribution in [0.15, 0.2) is 60.7 Å². The molecular formula is C30H34B2O4S. The maximum atomic E-state index is 6.45. The quantitative estimate of drug-likeness (QED) is 0.301. The van der Waals surface area contributed by atoms with Crippen molar-refractivity contribution in [2.75, 3.05) is 0 Å². The van der Waals surface area contributed by atoms with Crippen LogP contribution in [0.2, 0.25) is 0 Å². The number of benzene rings is 3. The van der Waals surface area contributed by atoms with Crippen LogP contribution in [0.4, 0.5) is 0 Å². The minimum Gasteiger partial charge on any atom is -0.399 e. The van der Waals surface area contributed by atoms with Crippen LogP contribution in [0.1, 0.15) is 55.4 Å². The maximum Gasteiger partial charge on any atom is 0.494 e. The normalized spacial score (nSPS) is 21.8. The Bertz CT molecular complexity index is 1430. The average molecular weight is 512 g/mol. The van der Waals surface area contributed by atoms with Gasteiger partial charge in [0.15, 0.2) is 0 Å². The topological polar surface area (TPSA) is 36.9 Å². The van der Waals surface area contributed by atoms with E-state index >= 15 is 0 Å². The molecule has 0 spiro atoms. The van der Waals surface area contributed by atoms with Crippen LogP contribution < -0.4 is 10.9 Å². The van der Waals surface area contributed by atoms with Crippen molar-refractivity contribution < 1.29 is 18.6 Å². The van der Waals surface area contributed by atoms with Crippen LogP contribution in [0.3, 0.4) is 0 Å². The molecule has 190 valence electrons. The van der Waals surface area contributed by atoms with Crippen LogP contribution in [-0.2, 0) is 18.6 Å². The van der Waals surface area contributed by atoms with E-state index in [2.05, 4.69) is 116 Å². The minimum absolute atomic E-state index is 0.424. The zero-order valence-corrected chi connectivity index (χ0v) is 23.8. The van der Waals surface area contributed by atoms with Gasteiger partial charge in [0.05, 0.1) is 22.4 Å². The summed E-state index contributed by atoms with van der Waals surface area (Å²) in [4.78, 5) is 0. The predicted molar refractivity (Wildman–Crippen MR) is 156 cm³/mol. The fraction of sp³-hybridized carbons (Fsp3) is 0.400. The molecule has 2 aliphatic rings. The summed E-state index contributed by atoms with van der Waals surface area (Å²) in [5, 5.41) is 2.56. The van der Waals surface area contributed by atoms with Gasteiger partial charge in [-0.2, -0.15) is 0 Å². The number of hydrogen-bond donors (Lipinski definition) is 0. The standard InChI is InChI=1S/C30H34B2O4S/c1-27(2)28(3,4)34-31(33-27)21-15-20(16-22(18-21)32-35-29(5,6)30(7,8)36-32)19-13-14-26-24(17-19)23-11-9-10-12-25(23)37-26/h9-18H,1-8H3. The monoisotopic (exact) mass is 512 g/mol. The van der Waals surface area contributed by atoms with Gasteiger partial charge in [-0.3, -0.25) is 0 Å². The third-order valence-corrected chi connectivity index (χ3v) is 9.89. The fourth-order valence-electron chi connectivity index (χ4n) is 4.98. The van der Waals surface area contributed by atoms with Crippen LogP contribution in [0.5, 0.6) is 0 Å². The zero-order chi connectivity index (χ0) is 26.4. The van der Waals surface area contributed by atoms with Crippen molar-refractivity contribution in [1.29, 1.82) is 0 Å². The van der Waals surface area contributed by atoms with Gasteiger partial charge in [0.1, 0.15) is 0 Å². The Morgan fingerprint density at radius 1 is 0.514 bits per heavy atom. The van der Waals surface area contributed by atoms with Gasteiger partial charge in [0.25, 0.3) is 0 Å². The van der Waals surface area contributed by atoms with E-state index < -0.39 is 36.6 Å². The molecule has 2 saturated heterocycles. The molecule has 0 N–H and O–H groups in total. The molecule has 3 heterocycles. The number of fused-ring (bicyclic) bond motifs is 3. The van der Waals surface area contributed by atoms with Gasteiger partial charge in [-0.25, -0.2) is 0 Å². The first-order valence-electron chi connectivity index (χ1n) is 13.0. The molecule has 37 heavy (non-hydrogen) atoms. The molecule has 0 radical (unpaired) electrons. The van der Waals surface area contributed by atoms with Crippen LogP contribution in [0.25, 0.3) is 31.3 Å². The van der Waals surface area contributed by atoms with E-state index in [1.807, 2.05) is 11.3 Å². The second-order valence-electron chi connectivity index (χ2n) is 12.4. The third-order valence-electron chi connectivity index (χ3n) is 8.74. The van der Waals surface area contributed by atoms with E-state index in [0.29, 0.717) is 0 Å². The molecule has 0 bridgehead atoms. The smallest absolute Gasteiger partial charge is 0.399 e. The van der Waals surface area contributed by atoms with Crippen molar-refractivity contribution in [3.05, 3.63) is 60.7 Å². The summed E-state index contributed by atoms with van der Waals surface area (Å²) < 4.78 is 28.4. The fourth-order valence-corrected chi connectivity index (χ4v) is 6.07. The van der Waals surface area contributed by atoms with Gasteiger partial charge < -0.3 is 18.6 Å². The zero-order valence-electron chi connectivity index (χ0n) is 23.0. The number of thiophene rings is 1. The highest BCUT2D eigenvalue weighted by molar-refractivity contribution is 7.25. The molecule has 0 amide bonds. The SMILES string of the molecule is CC1(C)OB(c2cc(B3OC(C)(C)C(C)(C)O3)cc(-c3ccc4sc5ccccc5c4c3)c2)OC1(C)C. The molecule has 4 nitrogen and oxygen atoms in total. The van der Waals surface area contributed by atoms with E-state index in [9.17, 15) is 0 Å².